The van der Waals surface area contributed by atoms with Crippen molar-refractivity contribution in [2.75, 3.05) is 26.8 Å². The Balaban J connectivity index is 3.83. The summed E-state index contributed by atoms with van der Waals surface area (Å²) in [7, 11) is 1.58. The van der Waals surface area contributed by atoms with Crippen molar-refractivity contribution in [3.05, 3.63) is 0 Å². The number of unbranched alkanes of at least 4 members (excludes halogenated alkanes) is 1. The zero-order valence-corrected chi connectivity index (χ0v) is 10.5. The fourth-order valence-electron chi connectivity index (χ4n) is 1.29. The van der Waals surface area contributed by atoms with Crippen LogP contribution in [-0.4, -0.2) is 49.8 Å². The van der Waals surface area contributed by atoms with Crippen molar-refractivity contribution in [2.24, 2.45) is 0 Å². The fraction of sp³-hybridized carbons (Fsp3) is 0.818. The minimum atomic E-state index is -0.983. The molecular formula is C11H22N2O4. The summed E-state index contributed by atoms with van der Waals surface area (Å²) in [5.74, 6) is -1.28. The van der Waals surface area contributed by atoms with Gasteiger partial charge in [0.25, 0.3) is 0 Å². The molecule has 0 heterocycles. The molecule has 0 bridgehead atoms. The fourth-order valence-corrected chi connectivity index (χ4v) is 1.29. The first-order valence-corrected chi connectivity index (χ1v) is 5.83. The maximum absolute atomic E-state index is 11.4. The van der Waals surface area contributed by atoms with E-state index in [9.17, 15) is 9.59 Å². The van der Waals surface area contributed by atoms with E-state index in [-0.39, 0.29) is 12.5 Å². The van der Waals surface area contributed by atoms with E-state index in [1.54, 1.807) is 7.11 Å². The molecule has 6 nitrogen and oxygen atoms in total. The van der Waals surface area contributed by atoms with Crippen molar-refractivity contribution in [3.8, 4) is 0 Å². The van der Waals surface area contributed by atoms with E-state index in [0.29, 0.717) is 19.6 Å². The van der Waals surface area contributed by atoms with Crippen LogP contribution in [0.25, 0.3) is 0 Å². The second kappa shape index (κ2) is 10.0. The topological polar surface area (TPSA) is 87.7 Å². The number of carboxylic acids is 1. The molecule has 0 radical (unpaired) electrons. The van der Waals surface area contributed by atoms with Crippen LogP contribution >= 0.6 is 0 Å². The maximum atomic E-state index is 11.4. The zero-order valence-electron chi connectivity index (χ0n) is 10.5. The predicted molar refractivity (Wildman–Crippen MR) is 63.8 cm³/mol. The predicted octanol–water partition coefficient (Wildman–Crippen LogP) is -0.0180. The zero-order chi connectivity index (χ0) is 13.1. The second-order valence-electron chi connectivity index (χ2n) is 3.77. The molecule has 1 amide bonds. The van der Waals surface area contributed by atoms with Gasteiger partial charge in [0, 0.05) is 13.7 Å². The molecule has 0 aliphatic carbocycles. The summed E-state index contributed by atoms with van der Waals surface area (Å²) in [4.78, 5) is 22.3. The number of hydrogen-bond acceptors (Lipinski definition) is 4. The van der Waals surface area contributed by atoms with Crippen LogP contribution in [0.15, 0.2) is 0 Å². The van der Waals surface area contributed by atoms with E-state index in [1.807, 2.05) is 6.92 Å². The normalized spacial score (nSPS) is 12.1. The maximum Gasteiger partial charge on any atom is 0.326 e. The summed E-state index contributed by atoms with van der Waals surface area (Å²) >= 11 is 0. The molecule has 0 aliphatic heterocycles. The number of rotatable bonds is 10. The standard InChI is InChI=1S/C11H22N2O4/c1-3-4-5-9(11(15)16)13-10(14)8-12-6-7-17-2/h9,12H,3-8H2,1-2H3,(H,13,14)(H,15,16). The van der Waals surface area contributed by atoms with Crippen LogP contribution < -0.4 is 10.6 Å². The number of carbonyl (C=O) groups is 2. The van der Waals surface area contributed by atoms with Crippen LogP contribution in [0.1, 0.15) is 26.2 Å². The van der Waals surface area contributed by atoms with Crippen molar-refractivity contribution >= 4 is 11.9 Å². The Morgan fingerprint density at radius 2 is 2.12 bits per heavy atom. The molecule has 6 heteroatoms. The number of methoxy groups -OCH3 is 1. The molecule has 0 aliphatic rings. The van der Waals surface area contributed by atoms with Crippen LogP contribution in [0.3, 0.4) is 0 Å². The van der Waals surface area contributed by atoms with Gasteiger partial charge in [-0.2, -0.15) is 0 Å². The summed E-state index contributed by atoms with van der Waals surface area (Å²) in [6, 6.07) is -0.785. The molecule has 0 aromatic carbocycles. The SMILES string of the molecule is CCCCC(NC(=O)CNCCOC)C(=O)O. The third-order valence-electron chi connectivity index (χ3n) is 2.25. The number of aliphatic carboxylic acids is 1. The quantitative estimate of drug-likeness (QED) is 0.472. The monoisotopic (exact) mass is 246 g/mol. The van der Waals surface area contributed by atoms with E-state index >= 15 is 0 Å². The van der Waals surface area contributed by atoms with Crippen molar-refractivity contribution in [3.63, 3.8) is 0 Å². The van der Waals surface area contributed by atoms with E-state index in [4.69, 9.17) is 9.84 Å². The van der Waals surface area contributed by atoms with E-state index in [1.165, 1.54) is 0 Å². The van der Waals surface area contributed by atoms with E-state index in [2.05, 4.69) is 10.6 Å². The lowest BCUT2D eigenvalue weighted by atomic mass is 10.1. The number of hydrogen-bond donors (Lipinski definition) is 3. The summed E-state index contributed by atoms with van der Waals surface area (Å²) in [5.41, 5.74) is 0. The number of carboxylic acid groups (broad SMARTS) is 1. The average molecular weight is 246 g/mol. The van der Waals surface area contributed by atoms with Gasteiger partial charge in [0.05, 0.1) is 13.2 Å². The molecule has 0 rings (SSSR count). The minimum absolute atomic E-state index is 0.110. The van der Waals surface area contributed by atoms with Gasteiger partial charge >= 0.3 is 5.97 Å². The third kappa shape index (κ3) is 8.65. The lowest BCUT2D eigenvalue weighted by molar-refractivity contribution is -0.141. The van der Waals surface area contributed by atoms with Gasteiger partial charge in [-0.3, -0.25) is 4.79 Å². The Morgan fingerprint density at radius 3 is 2.65 bits per heavy atom. The molecule has 0 fully saturated rings. The van der Waals surface area contributed by atoms with E-state index in [0.717, 1.165) is 12.8 Å². The highest BCUT2D eigenvalue weighted by molar-refractivity contribution is 5.84. The molecule has 1 unspecified atom stereocenters. The molecule has 0 saturated carbocycles. The van der Waals surface area contributed by atoms with Gasteiger partial charge in [-0.25, -0.2) is 4.79 Å². The molecule has 0 saturated heterocycles. The Hall–Kier alpha value is -1.14. The highest BCUT2D eigenvalue weighted by atomic mass is 16.5. The number of carbonyl (C=O) groups excluding carboxylic acids is 1. The first kappa shape index (κ1) is 15.9. The van der Waals surface area contributed by atoms with Gasteiger partial charge in [0.1, 0.15) is 6.04 Å². The first-order valence-electron chi connectivity index (χ1n) is 5.83. The van der Waals surface area contributed by atoms with Crippen LogP contribution in [-0.2, 0) is 14.3 Å². The lowest BCUT2D eigenvalue weighted by Gasteiger charge is -2.14. The van der Waals surface area contributed by atoms with Gasteiger partial charge in [0.2, 0.25) is 5.91 Å². The first-order chi connectivity index (χ1) is 8.11. The van der Waals surface area contributed by atoms with Crippen LogP contribution in [0, 0.1) is 0 Å². The molecule has 3 N–H and O–H groups in total. The highest BCUT2D eigenvalue weighted by Crippen LogP contribution is 2.00. The van der Waals surface area contributed by atoms with Crippen molar-refractivity contribution < 1.29 is 19.4 Å². The van der Waals surface area contributed by atoms with Crippen LogP contribution in [0.2, 0.25) is 0 Å². The third-order valence-corrected chi connectivity index (χ3v) is 2.25. The highest BCUT2D eigenvalue weighted by Gasteiger charge is 2.18. The van der Waals surface area contributed by atoms with E-state index < -0.39 is 12.0 Å². The minimum Gasteiger partial charge on any atom is -0.480 e. The van der Waals surface area contributed by atoms with Gasteiger partial charge < -0.3 is 20.5 Å². The number of amides is 1. The molecule has 0 spiro atoms. The molecule has 0 aromatic rings. The summed E-state index contributed by atoms with van der Waals surface area (Å²) < 4.78 is 4.81. The Labute approximate surface area is 102 Å². The van der Waals surface area contributed by atoms with Gasteiger partial charge in [-0.15, -0.1) is 0 Å². The smallest absolute Gasteiger partial charge is 0.326 e. The largest absolute Gasteiger partial charge is 0.480 e. The lowest BCUT2D eigenvalue weighted by Crippen LogP contribution is -2.44. The van der Waals surface area contributed by atoms with Gasteiger partial charge in [-0.05, 0) is 6.42 Å². The van der Waals surface area contributed by atoms with Crippen molar-refractivity contribution in [1.29, 1.82) is 0 Å². The Morgan fingerprint density at radius 1 is 1.41 bits per heavy atom. The van der Waals surface area contributed by atoms with Gasteiger partial charge in [0.15, 0.2) is 0 Å². The molecule has 1 atom stereocenters. The molecular weight excluding hydrogens is 224 g/mol. The summed E-state index contributed by atoms with van der Waals surface area (Å²) in [6.45, 7) is 3.17. The second-order valence-corrected chi connectivity index (χ2v) is 3.77. The van der Waals surface area contributed by atoms with Crippen LogP contribution in [0.5, 0.6) is 0 Å². The van der Waals surface area contributed by atoms with Crippen molar-refractivity contribution in [1.82, 2.24) is 10.6 Å². The molecule has 17 heavy (non-hydrogen) atoms. The Bertz CT molecular complexity index is 234. The average Bonchev–Trinajstić information content (AvgIpc) is 2.29. The van der Waals surface area contributed by atoms with Gasteiger partial charge in [-0.1, -0.05) is 19.8 Å². The number of ether oxygens (including phenoxy) is 1. The van der Waals surface area contributed by atoms with Crippen molar-refractivity contribution in [2.45, 2.75) is 32.2 Å². The summed E-state index contributed by atoms with van der Waals surface area (Å²) in [6.07, 6.45) is 2.16. The molecule has 0 aromatic heterocycles. The summed E-state index contributed by atoms with van der Waals surface area (Å²) in [5, 5.41) is 14.2. The molecule has 100 valence electrons. The van der Waals surface area contributed by atoms with Crippen LogP contribution in [0.4, 0.5) is 0 Å². The number of nitrogens with one attached hydrogen (secondary N) is 2. The Kier molecular flexibility index (Phi) is 9.37.